The van der Waals surface area contributed by atoms with Gasteiger partial charge in [-0.25, -0.2) is 12.7 Å². The highest BCUT2D eigenvalue weighted by atomic mass is 32.2. The highest BCUT2D eigenvalue weighted by Gasteiger charge is 2.24. The van der Waals surface area contributed by atoms with E-state index in [4.69, 9.17) is 0 Å². The lowest BCUT2D eigenvalue weighted by Crippen LogP contribution is -2.38. The van der Waals surface area contributed by atoms with E-state index in [0.29, 0.717) is 30.3 Å². The number of amides is 2. The second-order valence-corrected chi connectivity index (χ2v) is 9.94. The van der Waals surface area contributed by atoms with E-state index in [0.717, 1.165) is 17.1 Å². The van der Waals surface area contributed by atoms with Crippen molar-refractivity contribution in [3.63, 3.8) is 0 Å². The molecule has 30 heavy (non-hydrogen) atoms. The van der Waals surface area contributed by atoms with Crippen LogP contribution in [0.3, 0.4) is 0 Å². The van der Waals surface area contributed by atoms with Gasteiger partial charge < -0.3 is 10.2 Å². The Hall–Kier alpha value is -2.71. The molecular formula is C22H27N3O4S. The van der Waals surface area contributed by atoms with Gasteiger partial charge in [0.15, 0.2) is 0 Å². The number of hydrogen-bond acceptors (Lipinski definition) is 4. The van der Waals surface area contributed by atoms with Crippen molar-refractivity contribution in [1.29, 1.82) is 0 Å². The van der Waals surface area contributed by atoms with Crippen LogP contribution in [0.25, 0.3) is 0 Å². The van der Waals surface area contributed by atoms with E-state index in [9.17, 15) is 18.0 Å². The fourth-order valence-corrected chi connectivity index (χ4v) is 4.31. The van der Waals surface area contributed by atoms with Crippen LogP contribution in [0, 0.1) is 5.92 Å². The summed E-state index contributed by atoms with van der Waals surface area (Å²) >= 11 is 0. The highest BCUT2D eigenvalue weighted by molar-refractivity contribution is 7.89. The zero-order chi connectivity index (χ0) is 21.9. The van der Waals surface area contributed by atoms with Gasteiger partial charge >= 0.3 is 0 Å². The van der Waals surface area contributed by atoms with E-state index in [1.54, 1.807) is 30.3 Å². The van der Waals surface area contributed by atoms with E-state index in [1.807, 2.05) is 4.90 Å². The first-order chi connectivity index (χ1) is 14.2. The Morgan fingerprint density at radius 1 is 1.03 bits per heavy atom. The molecule has 2 amide bonds. The van der Waals surface area contributed by atoms with Gasteiger partial charge in [0.1, 0.15) is 0 Å². The van der Waals surface area contributed by atoms with Crippen LogP contribution >= 0.6 is 0 Å². The highest BCUT2D eigenvalue weighted by Crippen LogP contribution is 2.23. The molecule has 1 aliphatic heterocycles. The molecule has 0 aliphatic carbocycles. The summed E-state index contributed by atoms with van der Waals surface area (Å²) in [7, 11) is -0.782. The number of nitrogens with zero attached hydrogens (tertiary/aromatic N) is 2. The summed E-state index contributed by atoms with van der Waals surface area (Å²) in [6.45, 7) is 3.58. The average Bonchev–Trinajstić information content (AvgIpc) is 2.74. The van der Waals surface area contributed by atoms with Crippen molar-refractivity contribution in [3.05, 3.63) is 59.7 Å². The SMILES string of the molecule is CC1CCN(C(=O)c2ccccc2NC(=O)c2cccc(S(=O)(=O)N(C)C)c2)CC1. The Bertz CT molecular complexity index is 1040. The Balaban J connectivity index is 1.82. The summed E-state index contributed by atoms with van der Waals surface area (Å²) in [5.41, 5.74) is 1.04. The van der Waals surface area contributed by atoms with Crippen molar-refractivity contribution in [2.45, 2.75) is 24.7 Å². The lowest BCUT2D eigenvalue weighted by molar-refractivity contribution is 0.0698. The van der Waals surface area contributed by atoms with Crippen LogP contribution in [-0.4, -0.2) is 56.6 Å². The zero-order valence-electron chi connectivity index (χ0n) is 17.5. The van der Waals surface area contributed by atoms with E-state index < -0.39 is 15.9 Å². The number of hydrogen-bond donors (Lipinski definition) is 1. The standard InChI is InChI=1S/C22H27N3O4S/c1-16-11-13-25(14-12-16)22(27)19-9-4-5-10-20(19)23-21(26)17-7-6-8-18(15-17)30(28,29)24(2)3/h4-10,15-16H,11-14H2,1-3H3,(H,23,26). The van der Waals surface area contributed by atoms with Gasteiger partial charge in [0, 0.05) is 32.7 Å². The first-order valence-corrected chi connectivity index (χ1v) is 11.4. The zero-order valence-corrected chi connectivity index (χ0v) is 18.3. The number of piperidine rings is 1. The number of carbonyl (C=O) groups is 2. The van der Waals surface area contributed by atoms with Gasteiger partial charge in [0.25, 0.3) is 11.8 Å². The monoisotopic (exact) mass is 429 g/mol. The van der Waals surface area contributed by atoms with Gasteiger partial charge in [-0.1, -0.05) is 25.1 Å². The molecule has 3 rings (SSSR count). The molecule has 0 aromatic heterocycles. The molecule has 1 saturated heterocycles. The number of rotatable bonds is 5. The summed E-state index contributed by atoms with van der Waals surface area (Å²) in [5, 5.41) is 2.77. The first-order valence-electron chi connectivity index (χ1n) is 9.92. The fourth-order valence-electron chi connectivity index (χ4n) is 3.36. The number of para-hydroxylation sites is 1. The second kappa shape index (κ2) is 8.97. The maximum Gasteiger partial charge on any atom is 0.255 e. The normalized spacial score (nSPS) is 15.3. The van der Waals surface area contributed by atoms with E-state index in [2.05, 4.69) is 12.2 Å². The minimum atomic E-state index is -3.65. The third-order valence-corrected chi connectivity index (χ3v) is 7.16. The fraction of sp³-hybridized carbons (Fsp3) is 0.364. The Labute approximate surface area is 177 Å². The lowest BCUT2D eigenvalue weighted by Gasteiger charge is -2.30. The van der Waals surface area contributed by atoms with Gasteiger partial charge in [-0.05, 0) is 49.1 Å². The van der Waals surface area contributed by atoms with Gasteiger partial charge in [-0.3, -0.25) is 9.59 Å². The molecule has 0 radical (unpaired) electrons. The predicted molar refractivity (Wildman–Crippen MR) is 116 cm³/mol. The molecule has 0 spiro atoms. The van der Waals surface area contributed by atoms with Crippen LogP contribution in [0.5, 0.6) is 0 Å². The number of carbonyl (C=O) groups excluding carboxylic acids is 2. The molecule has 1 fully saturated rings. The molecule has 160 valence electrons. The van der Waals surface area contributed by atoms with Gasteiger partial charge in [-0.15, -0.1) is 0 Å². The van der Waals surface area contributed by atoms with Crippen molar-refractivity contribution >= 4 is 27.5 Å². The van der Waals surface area contributed by atoms with Crippen molar-refractivity contribution < 1.29 is 18.0 Å². The van der Waals surface area contributed by atoms with E-state index >= 15 is 0 Å². The lowest BCUT2D eigenvalue weighted by atomic mass is 9.98. The minimum Gasteiger partial charge on any atom is -0.339 e. The number of likely N-dealkylation sites (tertiary alicyclic amines) is 1. The number of sulfonamides is 1. The van der Waals surface area contributed by atoms with Crippen LogP contribution in [0.2, 0.25) is 0 Å². The van der Waals surface area contributed by atoms with Crippen LogP contribution in [0.4, 0.5) is 5.69 Å². The molecule has 2 aromatic carbocycles. The Morgan fingerprint density at radius 2 is 1.70 bits per heavy atom. The van der Waals surface area contributed by atoms with Gasteiger partial charge in [0.2, 0.25) is 10.0 Å². The molecule has 1 heterocycles. The molecular weight excluding hydrogens is 402 g/mol. The second-order valence-electron chi connectivity index (χ2n) is 7.79. The molecule has 2 aromatic rings. The largest absolute Gasteiger partial charge is 0.339 e. The Morgan fingerprint density at radius 3 is 2.37 bits per heavy atom. The summed E-state index contributed by atoms with van der Waals surface area (Å²) in [6, 6.07) is 12.7. The summed E-state index contributed by atoms with van der Waals surface area (Å²) < 4.78 is 25.8. The van der Waals surface area contributed by atoms with Crippen molar-refractivity contribution in [2.75, 3.05) is 32.5 Å². The van der Waals surface area contributed by atoms with E-state index in [-0.39, 0.29) is 16.4 Å². The summed E-state index contributed by atoms with van der Waals surface area (Å²) in [5.74, 6) is 0.0229. The third kappa shape index (κ3) is 4.71. The Kier molecular flexibility index (Phi) is 6.58. The number of benzene rings is 2. The molecule has 1 N–H and O–H groups in total. The predicted octanol–water partition coefficient (Wildman–Crippen LogP) is 3.06. The first kappa shape index (κ1) is 22.0. The molecule has 0 saturated carbocycles. The molecule has 1 aliphatic rings. The smallest absolute Gasteiger partial charge is 0.255 e. The average molecular weight is 430 g/mol. The quantitative estimate of drug-likeness (QED) is 0.791. The van der Waals surface area contributed by atoms with Gasteiger partial charge in [0.05, 0.1) is 16.1 Å². The van der Waals surface area contributed by atoms with E-state index in [1.165, 1.54) is 32.3 Å². The molecule has 0 atom stereocenters. The summed E-state index contributed by atoms with van der Waals surface area (Å²) in [4.78, 5) is 27.7. The topological polar surface area (TPSA) is 86.8 Å². The van der Waals surface area contributed by atoms with Crippen molar-refractivity contribution in [1.82, 2.24) is 9.21 Å². The minimum absolute atomic E-state index is 0.0342. The van der Waals surface area contributed by atoms with Gasteiger partial charge in [-0.2, -0.15) is 0 Å². The maximum atomic E-state index is 13.0. The van der Waals surface area contributed by atoms with Crippen LogP contribution in [0.15, 0.2) is 53.4 Å². The van der Waals surface area contributed by atoms with Crippen LogP contribution in [-0.2, 0) is 10.0 Å². The molecule has 7 nitrogen and oxygen atoms in total. The molecule has 0 bridgehead atoms. The maximum absolute atomic E-state index is 13.0. The summed E-state index contributed by atoms with van der Waals surface area (Å²) in [6.07, 6.45) is 1.93. The molecule has 8 heteroatoms. The number of anilines is 1. The van der Waals surface area contributed by atoms with Crippen LogP contribution in [0.1, 0.15) is 40.5 Å². The van der Waals surface area contributed by atoms with Crippen molar-refractivity contribution in [2.24, 2.45) is 5.92 Å². The molecule has 0 unspecified atom stereocenters. The third-order valence-electron chi connectivity index (χ3n) is 5.35. The number of nitrogens with one attached hydrogen (secondary N) is 1. The van der Waals surface area contributed by atoms with Crippen LogP contribution < -0.4 is 5.32 Å². The van der Waals surface area contributed by atoms with Crippen molar-refractivity contribution in [3.8, 4) is 0 Å².